The average Bonchev–Trinajstić information content (AvgIpc) is 2.39. The SMILES string of the molecule is CCCOC[C@H](COP(=O)(O)OCC[N+](C)(C)C)OCCC. The largest absolute Gasteiger partial charge is 0.472 e. The Labute approximate surface area is 134 Å². The molecule has 22 heavy (non-hydrogen) atoms. The summed E-state index contributed by atoms with van der Waals surface area (Å²) in [5.41, 5.74) is 0. The molecule has 7 nitrogen and oxygen atoms in total. The van der Waals surface area contributed by atoms with E-state index in [9.17, 15) is 9.46 Å². The zero-order valence-corrected chi connectivity index (χ0v) is 15.5. The van der Waals surface area contributed by atoms with Crippen molar-refractivity contribution in [2.24, 2.45) is 0 Å². The lowest BCUT2D eigenvalue weighted by atomic mass is 10.4. The third-order valence-corrected chi connectivity index (χ3v) is 3.63. The quantitative estimate of drug-likeness (QED) is 0.296. The second-order valence-corrected chi connectivity index (χ2v) is 7.63. The molecule has 0 aliphatic heterocycles. The topological polar surface area (TPSA) is 74.2 Å². The van der Waals surface area contributed by atoms with Gasteiger partial charge in [0.15, 0.2) is 0 Å². The number of phosphoric acid groups is 1. The molecule has 2 atom stereocenters. The van der Waals surface area contributed by atoms with Gasteiger partial charge in [-0.2, -0.15) is 0 Å². The monoisotopic (exact) mass is 342 g/mol. The van der Waals surface area contributed by atoms with Gasteiger partial charge < -0.3 is 18.9 Å². The Balaban J connectivity index is 4.14. The highest BCUT2D eigenvalue weighted by molar-refractivity contribution is 7.47. The normalized spacial score (nSPS) is 16.5. The molecule has 0 spiro atoms. The smallest absolute Gasteiger partial charge is 0.379 e. The van der Waals surface area contributed by atoms with Gasteiger partial charge in [0.1, 0.15) is 19.3 Å². The Bertz CT molecular complexity index is 321. The van der Waals surface area contributed by atoms with Crippen LogP contribution in [-0.2, 0) is 23.1 Å². The molecule has 0 bridgehead atoms. The molecular formula is C14H33NO6P+. The lowest BCUT2D eigenvalue weighted by Crippen LogP contribution is -2.37. The van der Waals surface area contributed by atoms with Crippen LogP contribution >= 0.6 is 7.82 Å². The summed E-state index contributed by atoms with van der Waals surface area (Å²) in [5.74, 6) is 0. The number of likely N-dealkylation sites (N-methyl/N-ethyl adjacent to an activating group) is 1. The third kappa shape index (κ3) is 13.6. The highest BCUT2D eigenvalue weighted by Gasteiger charge is 2.24. The molecule has 0 radical (unpaired) electrons. The molecule has 0 saturated heterocycles. The van der Waals surface area contributed by atoms with E-state index in [0.29, 0.717) is 30.8 Å². The summed E-state index contributed by atoms with van der Waals surface area (Å²) < 4.78 is 33.4. The molecule has 0 heterocycles. The number of ether oxygens (including phenoxy) is 2. The standard InChI is InChI=1S/C14H32NO6P/c1-6-9-18-12-14(19-10-7-2)13-21-22(16,17)20-11-8-15(3,4)5/h14H,6-13H2,1-5H3/p+1/t14-/m1/s1. The highest BCUT2D eigenvalue weighted by atomic mass is 31.2. The fraction of sp³-hybridized carbons (Fsp3) is 1.00. The predicted molar refractivity (Wildman–Crippen MR) is 85.8 cm³/mol. The van der Waals surface area contributed by atoms with E-state index >= 15 is 0 Å². The van der Waals surface area contributed by atoms with E-state index in [2.05, 4.69) is 0 Å². The Morgan fingerprint density at radius 2 is 1.64 bits per heavy atom. The van der Waals surface area contributed by atoms with Gasteiger partial charge in [-0.05, 0) is 12.8 Å². The van der Waals surface area contributed by atoms with Crippen LogP contribution < -0.4 is 0 Å². The lowest BCUT2D eigenvalue weighted by molar-refractivity contribution is -0.870. The molecule has 0 aromatic rings. The van der Waals surface area contributed by atoms with Crippen molar-refractivity contribution in [1.82, 2.24) is 0 Å². The average molecular weight is 342 g/mol. The summed E-state index contributed by atoms with van der Waals surface area (Å²) in [5, 5.41) is 0. The van der Waals surface area contributed by atoms with Gasteiger partial charge >= 0.3 is 7.82 Å². The third-order valence-electron chi connectivity index (χ3n) is 2.65. The zero-order chi connectivity index (χ0) is 17.1. The molecular weight excluding hydrogens is 309 g/mol. The van der Waals surface area contributed by atoms with Crippen molar-refractivity contribution in [3.63, 3.8) is 0 Å². The Kier molecular flexibility index (Phi) is 11.5. The minimum absolute atomic E-state index is 0.0259. The van der Waals surface area contributed by atoms with Crippen LogP contribution in [0.15, 0.2) is 0 Å². The van der Waals surface area contributed by atoms with E-state index in [-0.39, 0.29) is 19.3 Å². The van der Waals surface area contributed by atoms with Gasteiger partial charge in [0.2, 0.25) is 0 Å². The molecule has 1 N–H and O–H groups in total. The van der Waals surface area contributed by atoms with E-state index < -0.39 is 7.82 Å². The Morgan fingerprint density at radius 1 is 1.00 bits per heavy atom. The zero-order valence-electron chi connectivity index (χ0n) is 14.6. The maximum atomic E-state index is 11.8. The van der Waals surface area contributed by atoms with Crippen LogP contribution in [-0.4, -0.2) is 76.2 Å². The van der Waals surface area contributed by atoms with Crippen LogP contribution in [0.2, 0.25) is 0 Å². The summed E-state index contributed by atoms with van der Waals surface area (Å²) in [6.45, 7) is 6.28. The fourth-order valence-electron chi connectivity index (χ4n) is 1.43. The minimum atomic E-state index is -4.05. The molecule has 0 fully saturated rings. The summed E-state index contributed by atoms with van der Waals surface area (Å²) >= 11 is 0. The first-order valence-corrected chi connectivity index (χ1v) is 9.31. The fourth-order valence-corrected chi connectivity index (χ4v) is 2.17. The van der Waals surface area contributed by atoms with Crippen molar-refractivity contribution in [2.45, 2.75) is 32.8 Å². The van der Waals surface area contributed by atoms with Crippen LogP contribution in [0, 0.1) is 0 Å². The molecule has 0 rings (SSSR count). The number of rotatable bonds is 14. The maximum absolute atomic E-state index is 11.8. The lowest BCUT2D eigenvalue weighted by Gasteiger charge is -2.24. The summed E-state index contributed by atoms with van der Waals surface area (Å²) in [6, 6.07) is 0. The van der Waals surface area contributed by atoms with Crippen molar-refractivity contribution in [3.05, 3.63) is 0 Å². The molecule has 0 aromatic carbocycles. The van der Waals surface area contributed by atoms with Crippen molar-refractivity contribution in [3.8, 4) is 0 Å². The van der Waals surface area contributed by atoms with Crippen LogP contribution in [0.25, 0.3) is 0 Å². The summed E-state index contributed by atoms with van der Waals surface area (Å²) in [7, 11) is 1.89. The van der Waals surface area contributed by atoms with Crippen molar-refractivity contribution in [1.29, 1.82) is 0 Å². The first kappa shape index (κ1) is 22.0. The first-order chi connectivity index (χ1) is 10.2. The molecule has 1 unspecified atom stereocenters. The number of phosphoric ester groups is 1. The number of hydrogen-bond acceptors (Lipinski definition) is 5. The molecule has 134 valence electrons. The second-order valence-electron chi connectivity index (χ2n) is 6.18. The Hall–Kier alpha value is -0.0100. The molecule has 0 aliphatic carbocycles. The van der Waals surface area contributed by atoms with Gasteiger partial charge in [-0.1, -0.05) is 13.8 Å². The van der Waals surface area contributed by atoms with E-state index in [1.807, 2.05) is 35.0 Å². The molecule has 0 saturated carbocycles. The number of nitrogens with zero attached hydrogens (tertiary/aromatic N) is 1. The maximum Gasteiger partial charge on any atom is 0.472 e. The van der Waals surface area contributed by atoms with Gasteiger partial charge in [0, 0.05) is 13.2 Å². The van der Waals surface area contributed by atoms with Gasteiger partial charge in [0.25, 0.3) is 0 Å². The molecule has 0 amide bonds. The number of quaternary nitrogens is 1. The van der Waals surface area contributed by atoms with Gasteiger partial charge in [-0.25, -0.2) is 4.57 Å². The predicted octanol–water partition coefficient (Wildman–Crippen LogP) is 2.05. The van der Waals surface area contributed by atoms with Gasteiger partial charge in [-0.3, -0.25) is 9.05 Å². The van der Waals surface area contributed by atoms with Crippen LogP contribution in [0.5, 0.6) is 0 Å². The molecule has 0 aliphatic rings. The Morgan fingerprint density at radius 3 is 2.18 bits per heavy atom. The van der Waals surface area contributed by atoms with Crippen LogP contribution in [0.1, 0.15) is 26.7 Å². The molecule has 0 aromatic heterocycles. The summed E-state index contributed by atoms with van der Waals surface area (Å²) in [6.07, 6.45) is 1.41. The minimum Gasteiger partial charge on any atom is -0.379 e. The van der Waals surface area contributed by atoms with Gasteiger partial charge in [-0.15, -0.1) is 0 Å². The highest BCUT2D eigenvalue weighted by Crippen LogP contribution is 2.43. The van der Waals surface area contributed by atoms with E-state index in [1.54, 1.807) is 0 Å². The summed E-state index contributed by atoms with van der Waals surface area (Å²) in [4.78, 5) is 9.66. The van der Waals surface area contributed by atoms with Crippen LogP contribution in [0.4, 0.5) is 0 Å². The van der Waals surface area contributed by atoms with E-state index in [0.717, 1.165) is 12.8 Å². The first-order valence-electron chi connectivity index (χ1n) is 7.82. The van der Waals surface area contributed by atoms with Crippen molar-refractivity contribution >= 4 is 7.82 Å². The van der Waals surface area contributed by atoms with E-state index in [4.69, 9.17) is 18.5 Å². The number of hydrogen-bond donors (Lipinski definition) is 1. The van der Waals surface area contributed by atoms with Crippen LogP contribution in [0.3, 0.4) is 0 Å². The van der Waals surface area contributed by atoms with Gasteiger partial charge in [0.05, 0.1) is 34.4 Å². The van der Waals surface area contributed by atoms with Crippen molar-refractivity contribution < 1.29 is 32.5 Å². The molecule has 8 heteroatoms. The second kappa shape index (κ2) is 11.5. The van der Waals surface area contributed by atoms with E-state index in [1.165, 1.54) is 0 Å². The van der Waals surface area contributed by atoms with Crippen molar-refractivity contribution in [2.75, 3.05) is 60.7 Å².